The summed E-state index contributed by atoms with van der Waals surface area (Å²) in [6.07, 6.45) is 8.66. The maximum atomic E-state index is 2.36. The van der Waals surface area contributed by atoms with Crippen LogP contribution in [-0.4, -0.2) is 16.9 Å². The summed E-state index contributed by atoms with van der Waals surface area (Å²) in [6, 6.07) is 19.1. The van der Waals surface area contributed by atoms with E-state index in [0.717, 1.165) is 0 Å². The van der Waals surface area contributed by atoms with Gasteiger partial charge in [0.2, 0.25) is 0 Å². The molecule has 3 heteroatoms. The summed E-state index contributed by atoms with van der Waals surface area (Å²) in [7, 11) is -1.94. The van der Waals surface area contributed by atoms with Crippen LogP contribution in [0.1, 0.15) is 0 Å². The number of hydrogen-bond donors (Lipinski definition) is 0. The Bertz CT molecular complexity index is 563. The average molecular weight is 252 g/mol. The lowest BCUT2D eigenvalue weighted by molar-refractivity contribution is 1.03. The fourth-order valence-electron chi connectivity index (χ4n) is 2.43. The van der Waals surface area contributed by atoms with E-state index in [1.165, 1.54) is 5.19 Å². The van der Waals surface area contributed by atoms with Crippen LogP contribution in [0.3, 0.4) is 0 Å². The van der Waals surface area contributed by atoms with E-state index in [1.807, 2.05) is 0 Å². The van der Waals surface area contributed by atoms with Crippen molar-refractivity contribution < 1.29 is 0 Å². The Morgan fingerprint density at radius 1 is 0.667 bits per heavy atom. The molecule has 0 unspecified atom stereocenters. The van der Waals surface area contributed by atoms with Crippen LogP contribution in [0.4, 0.5) is 0 Å². The van der Waals surface area contributed by atoms with Crippen molar-refractivity contribution in [3.8, 4) is 0 Å². The first-order valence-electron chi connectivity index (χ1n) is 6.14. The van der Waals surface area contributed by atoms with E-state index in [-0.39, 0.29) is 0 Å². The van der Waals surface area contributed by atoms with E-state index in [1.54, 1.807) is 0 Å². The second kappa shape index (κ2) is 4.35. The van der Waals surface area contributed by atoms with Gasteiger partial charge >= 0.3 is 8.40 Å². The van der Waals surface area contributed by atoms with Crippen molar-refractivity contribution in [1.29, 1.82) is 0 Å². The van der Waals surface area contributed by atoms with Crippen LogP contribution in [0.5, 0.6) is 0 Å². The second-order valence-electron chi connectivity index (χ2n) is 4.57. The smallest absolute Gasteiger partial charge is 0.301 e. The summed E-state index contributed by atoms with van der Waals surface area (Å²) in [5.41, 5.74) is 0. The van der Waals surface area contributed by atoms with Crippen LogP contribution in [0.2, 0.25) is 6.55 Å². The van der Waals surface area contributed by atoms with Crippen molar-refractivity contribution in [2.75, 3.05) is 0 Å². The van der Waals surface area contributed by atoms with Crippen molar-refractivity contribution in [1.82, 2.24) is 8.47 Å². The zero-order valence-corrected chi connectivity index (χ0v) is 11.4. The lowest BCUT2D eigenvalue weighted by Crippen LogP contribution is -2.57. The van der Waals surface area contributed by atoms with E-state index < -0.39 is 8.40 Å². The molecule has 0 saturated heterocycles. The molecule has 0 aliphatic heterocycles. The molecule has 0 amide bonds. The predicted octanol–water partition coefficient (Wildman–Crippen LogP) is 2.67. The van der Waals surface area contributed by atoms with Gasteiger partial charge in [-0.25, -0.2) is 0 Å². The van der Waals surface area contributed by atoms with Crippen LogP contribution in [0, 0.1) is 0 Å². The molecular formula is C15H16N2Si. The van der Waals surface area contributed by atoms with E-state index in [9.17, 15) is 0 Å². The molecular weight excluding hydrogens is 236 g/mol. The van der Waals surface area contributed by atoms with Crippen LogP contribution < -0.4 is 5.19 Å². The maximum absolute atomic E-state index is 2.36. The topological polar surface area (TPSA) is 9.86 Å². The van der Waals surface area contributed by atoms with E-state index in [0.29, 0.717) is 0 Å². The fraction of sp³-hybridized carbons (Fsp3) is 0.0667. The van der Waals surface area contributed by atoms with Gasteiger partial charge in [-0.3, -0.25) is 0 Å². The summed E-state index contributed by atoms with van der Waals surface area (Å²) in [4.78, 5) is 0. The van der Waals surface area contributed by atoms with Gasteiger partial charge in [-0.1, -0.05) is 30.3 Å². The van der Waals surface area contributed by atoms with Gasteiger partial charge in [0.1, 0.15) is 0 Å². The Morgan fingerprint density at radius 3 is 1.56 bits per heavy atom. The highest BCUT2D eigenvalue weighted by Crippen LogP contribution is 2.12. The molecule has 2 aromatic heterocycles. The molecule has 0 bridgehead atoms. The van der Waals surface area contributed by atoms with Crippen molar-refractivity contribution in [3.05, 3.63) is 79.4 Å². The van der Waals surface area contributed by atoms with Gasteiger partial charge in [-0.2, -0.15) is 0 Å². The molecule has 3 aromatic rings. The van der Waals surface area contributed by atoms with Gasteiger partial charge in [0.05, 0.1) is 0 Å². The second-order valence-corrected chi connectivity index (χ2v) is 8.22. The molecule has 3 rings (SSSR count). The molecule has 2 nitrogen and oxygen atoms in total. The van der Waals surface area contributed by atoms with Crippen LogP contribution in [0.15, 0.2) is 79.4 Å². The third kappa shape index (κ3) is 1.64. The minimum Gasteiger partial charge on any atom is -0.359 e. The third-order valence-electron chi connectivity index (χ3n) is 3.54. The molecule has 0 saturated carbocycles. The zero-order valence-electron chi connectivity index (χ0n) is 10.4. The molecule has 2 heterocycles. The lowest BCUT2D eigenvalue weighted by Gasteiger charge is -2.30. The monoisotopic (exact) mass is 252 g/mol. The standard InChI is InChI=1S/C15H16N2Si/c1-18(16-11-5-6-12-16,17-13-7-8-14-17)15-9-3-2-4-10-15/h2-14H,1H3. The highest BCUT2D eigenvalue weighted by atomic mass is 28.3. The maximum Gasteiger partial charge on any atom is 0.301 e. The summed E-state index contributed by atoms with van der Waals surface area (Å²) < 4.78 is 4.73. The van der Waals surface area contributed by atoms with Crippen molar-refractivity contribution >= 4 is 13.6 Å². The van der Waals surface area contributed by atoms with Gasteiger partial charge < -0.3 is 8.47 Å². The summed E-state index contributed by atoms with van der Waals surface area (Å²) in [5.74, 6) is 0. The molecule has 18 heavy (non-hydrogen) atoms. The van der Waals surface area contributed by atoms with Crippen molar-refractivity contribution in [2.24, 2.45) is 0 Å². The van der Waals surface area contributed by atoms with E-state index in [2.05, 4.69) is 94.4 Å². The lowest BCUT2D eigenvalue weighted by atomic mass is 10.4. The Morgan fingerprint density at radius 2 is 1.11 bits per heavy atom. The molecule has 0 N–H and O–H groups in total. The van der Waals surface area contributed by atoms with E-state index >= 15 is 0 Å². The van der Waals surface area contributed by atoms with Crippen molar-refractivity contribution in [2.45, 2.75) is 6.55 Å². The summed E-state index contributed by atoms with van der Waals surface area (Å²) in [5, 5.41) is 1.40. The van der Waals surface area contributed by atoms with Gasteiger partial charge in [-0.15, -0.1) is 0 Å². The predicted molar refractivity (Wildman–Crippen MR) is 77.4 cm³/mol. The van der Waals surface area contributed by atoms with Crippen LogP contribution in [-0.2, 0) is 0 Å². The van der Waals surface area contributed by atoms with Gasteiger partial charge in [0.15, 0.2) is 0 Å². The molecule has 0 aliphatic carbocycles. The number of hydrogen-bond acceptors (Lipinski definition) is 0. The Hall–Kier alpha value is -2.00. The Kier molecular flexibility index (Phi) is 2.68. The minimum absolute atomic E-state index is 1.40. The molecule has 90 valence electrons. The molecule has 0 aliphatic rings. The normalized spacial score (nSPS) is 11.6. The largest absolute Gasteiger partial charge is 0.359 e. The first kappa shape index (κ1) is 11.1. The van der Waals surface area contributed by atoms with Crippen LogP contribution >= 0.6 is 0 Å². The number of benzene rings is 1. The first-order chi connectivity index (χ1) is 8.82. The molecule has 1 aromatic carbocycles. The number of rotatable bonds is 3. The molecule has 0 atom stereocenters. The first-order valence-corrected chi connectivity index (χ1v) is 8.54. The SMILES string of the molecule is C[Si](c1ccccc1)(n1cccc1)n1cccc1. The molecule has 0 radical (unpaired) electrons. The van der Waals surface area contributed by atoms with Crippen LogP contribution in [0.25, 0.3) is 0 Å². The van der Waals surface area contributed by atoms with E-state index in [4.69, 9.17) is 0 Å². The highest BCUT2D eigenvalue weighted by Gasteiger charge is 2.33. The van der Waals surface area contributed by atoms with Gasteiger partial charge in [0.25, 0.3) is 0 Å². The fourth-order valence-corrected chi connectivity index (χ4v) is 5.63. The molecule has 0 spiro atoms. The van der Waals surface area contributed by atoms with Gasteiger partial charge in [-0.05, 0) is 60.8 Å². The number of aromatic nitrogens is 2. The quantitative estimate of drug-likeness (QED) is 0.634. The highest BCUT2D eigenvalue weighted by molar-refractivity contribution is 6.88. The summed E-state index contributed by atoms with van der Waals surface area (Å²) in [6.45, 7) is 2.36. The molecule has 0 fully saturated rings. The third-order valence-corrected chi connectivity index (χ3v) is 7.57. The van der Waals surface area contributed by atoms with Crippen molar-refractivity contribution in [3.63, 3.8) is 0 Å². The summed E-state index contributed by atoms with van der Waals surface area (Å²) >= 11 is 0. The Labute approximate surface area is 108 Å². The average Bonchev–Trinajstić information content (AvgIpc) is 3.12. The number of nitrogens with zero attached hydrogens (tertiary/aromatic N) is 2. The van der Waals surface area contributed by atoms with Gasteiger partial charge in [0, 0.05) is 0 Å². The Balaban J connectivity index is 2.22. The zero-order chi connectivity index (χ0) is 12.4. The minimum atomic E-state index is -1.94.